The quantitative estimate of drug-likeness (QED) is 0.690. The Morgan fingerprint density at radius 1 is 1.24 bits per heavy atom. The Bertz CT molecular complexity index is 728. The number of rotatable bonds is 6. The van der Waals surface area contributed by atoms with Crippen molar-refractivity contribution in [2.45, 2.75) is 31.8 Å². The number of methoxy groups -OCH3 is 2. The third kappa shape index (κ3) is 4.72. The van der Waals surface area contributed by atoms with Crippen LogP contribution in [0.15, 0.2) is 24.3 Å². The summed E-state index contributed by atoms with van der Waals surface area (Å²) in [6.07, 6.45) is 0.403. The van der Waals surface area contributed by atoms with E-state index < -0.39 is 27.9 Å². The van der Waals surface area contributed by atoms with E-state index in [9.17, 15) is 18.0 Å². The number of ether oxygens (including phenoxy) is 2. The van der Waals surface area contributed by atoms with Crippen molar-refractivity contribution in [3.63, 3.8) is 0 Å². The van der Waals surface area contributed by atoms with Crippen LogP contribution in [-0.4, -0.2) is 63.0 Å². The zero-order valence-corrected chi connectivity index (χ0v) is 15.4. The lowest BCUT2D eigenvalue weighted by Gasteiger charge is -2.32. The summed E-state index contributed by atoms with van der Waals surface area (Å²) in [7, 11) is -0.382. The summed E-state index contributed by atoms with van der Waals surface area (Å²) in [5.74, 6) is -0.281. The van der Waals surface area contributed by atoms with Gasteiger partial charge in [0.1, 0.15) is 11.8 Å². The summed E-state index contributed by atoms with van der Waals surface area (Å²) in [5.41, 5.74) is 0.758. The predicted molar refractivity (Wildman–Crippen MR) is 92.1 cm³/mol. The van der Waals surface area contributed by atoms with E-state index >= 15 is 0 Å². The summed E-state index contributed by atoms with van der Waals surface area (Å²) < 4.78 is 33.4. The molecule has 1 aromatic rings. The number of carbonyl (C=O) groups is 2. The number of benzene rings is 1. The van der Waals surface area contributed by atoms with Crippen molar-refractivity contribution in [2.75, 3.05) is 25.7 Å². The summed E-state index contributed by atoms with van der Waals surface area (Å²) in [4.78, 5) is 26.1. The molecule has 1 aliphatic rings. The minimum absolute atomic E-state index is 0.0257. The molecule has 0 radical (unpaired) electrons. The molecular weight excluding hydrogens is 346 g/mol. The van der Waals surface area contributed by atoms with Gasteiger partial charge in [0.2, 0.25) is 5.91 Å². The molecule has 8 heteroatoms. The third-order valence-electron chi connectivity index (χ3n) is 4.36. The van der Waals surface area contributed by atoms with E-state index in [4.69, 9.17) is 9.47 Å². The van der Waals surface area contributed by atoms with Crippen LogP contribution in [0.1, 0.15) is 18.9 Å². The molecule has 25 heavy (non-hydrogen) atoms. The van der Waals surface area contributed by atoms with Gasteiger partial charge < -0.3 is 14.4 Å². The standard InChI is InChI=1S/C17H23NO6S/c1-12(17(20)24-3)18(14-8-9-25(21,22)11-14)16(19)10-13-4-6-15(23-2)7-5-13/h4-7,12,14H,8-11H2,1-3H3. The summed E-state index contributed by atoms with van der Waals surface area (Å²) in [6, 6.07) is 5.68. The van der Waals surface area contributed by atoms with Crippen molar-refractivity contribution in [2.24, 2.45) is 0 Å². The molecule has 0 spiro atoms. The van der Waals surface area contributed by atoms with Gasteiger partial charge in [-0.2, -0.15) is 0 Å². The molecule has 0 aromatic heterocycles. The van der Waals surface area contributed by atoms with Crippen LogP contribution in [0.25, 0.3) is 0 Å². The van der Waals surface area contributed by atoms with E-state index in [1.165, 1.54) is 12.0 Å². The van der Waals surface area contributed by atoms with Gasteiger partial charge in [-0.1, -0.05) is 12.1 Å². The predicted octanol–water partition coefficient (Wildman–Crippen LogP) is 0.815. The molecule has 1 amide bonds. The smallest absolute Gasteiger partial charge is 0.328 e. The van der Waals surface area contributed by atoms with Gasteiger partial charge in [0.15, 0.2) is 9.84 Å². The van der Waals surface area contributed by atoms with E-state index in [1.807, 2.05) is 0 Å². The average Bonchev–Trinajstić information content (AvgIpc) is 2.94. The monoisotopic (exact) mass is 369 g/mol. The fourth-order valence-electron chi connectivity index (χ4n) is 3.02. The number of esters is 1. The Morgan fingerprint density at radius 3 is 2.36 bits per heavy atom. The molecule has 2 unspecified atom stereocenters. The Morgan fingerprint density at radius 2 is 1.88 bits per heavy atom. The first-order valence-electron chi connectivity index (χ1n) is 7.99. The van der Waals surface area contributed by atoms with Gasteiger partial charge in [0.05, 0.1) is 32.1 Å². The molecular formula is C17H23NO6S. The first-order valence-corrected chi connectivity index (χ1v) is 9.82. The van der Waals surface area contributed by atoms with Crippen LogP contribution in [0.4, 0.5) is 0 Å². The largest absolute Gasteiger partial charge is 0.497 e. The van der Waals surface area contributed by atoms with Gasteiger partial charge in [0, 0.05) is 6.04 Å². The van der Waals surface area contributed by atoms with Gasteiger partial charge in [-0.15, -0.1) is 0 Å². The van der Waals surface area contributed by atoms with Crippen LogP contribution in [0.3, 0.4) is 0 Å². The van der Waals surface area contributed by atoms with Crippen molar-refractivity contribution in [3.05, 3.63) is 29.8 Å². The van der Waals surface area contributed by atoms with Crippen molar-refractivity contribution in [1.82, 2.24) is 4.90 Å². The van der Waals surface area contributed by atoms with Gasteiger partial charge in [-0.3, -0.25) is 4.79 Å². The van der Waals surface area contributed by atoms with Crippen molar-refractivity contribution < 1.29 is 27.5 Å². The Labute approximate surface area is 147 Å². The minimum atomic E-state index is -3.18. The summed E-state index contributed by atoms with van der Waals surface area (Å²) >= 11 is 0. The van der Waals surface area contributed by atoms with Crippen LogP contribution < -0.4 is 4.74 Å². The van der Waals surface area contributed by atoms with Crippen LogP contribution in [0.5, 0.6) is 5.75 Å². The fourth-order valence-corrected chi connectivity index (χ4v) is 4.74. The molecule has 1 fully saturated rings. The second-order valence-corrected chi connectivity index (χ2v) is 8.31. The Hall–Kier alpha value is -2.09. The topological polar surface area (TPSA) is 90.0 Å². The highest BCUT2D eigenvalue weighted by Crippen LogP contribution is 2.22. The van der Waals surface area contributed by atoms with Gasteiger partial charge >= 0.3 is 5.97 Å². The number of carbonyl (C=O) groups excluding carboxylic acids is 2. The third-order valence-corrected chi connectivity index (χ3v) is 6.11. The molecule has 0 aliphatic carbocycles. The molecule has 1 saturated heterocycles. The minimum Gasteiger partial charge on any atom is -0.497 e. The Balaban J connectivity index is 2.21. The number of hydrogen-bond acceptors (Lipinski definition) is 6. The maximum Gasteiger partial charge on any atom is 0.328 e. The SMILES string of the molecule is COC(=O)C(C)N(C(=O)Cc1ccc(OC)cc1)C1CCS(=O)(=O)C1. The molecule has 0 bridgehead atoms. The highest BCUT2D eigenvalue weighted by Gasteiger charge is 2.39. The van der Waals surface area contributed by atoms with Crippen molar-refractivity contribution in [3.8, 4) is 5.75 Å². The fraction of sp³-hybridized carbons (Fsp3) is 0.529. The van der Waals surface area contributed by atoms with Crippen LogP contribution in [-0.2, 0) is 30.6 Å². The lowest BCUT2D eigenvalue weighted by molar-refractivity contribution is -0.153. The number of amides is 1. The molecule has 138 valence electrons. The highest BCUT2D eigenvalue weighted by atomic mass is 32.2. The summed E-state index contributed by atoms with van der Waals surface area (Å²) in [5, 5.41) is 0. The molecule has 0 N–H and O–H groups in total. The molecule has 1 aliphatic heterocycles. The molecule has 7 nitrogen and oxygen atoms in total. The zero-order chi connectivity index (χ0) is 18.6. The maximum atomic E-state index is 12.8. The number of sulfone groups is 1. The number of hydrogen-bond donors (Lipinski definition) is 0. The van der Waals surface area contributed by atoms with Crippen LogP contribution in [0.2, 0.25) is 0 Å². The van der Waals surface area contributed by atoms with E-state index in [-0.39, 0.29) is 23.8 Å². The normalized spacial score (nSPS) is 19.9. The number of nitrogens with zero attached hydrogens (tertiary/aromatic N) is 1. The van der Waals surface area contributed by atoms with E-state index in [0.29, 0.717) is 12.2 Å². The van der Waals surface area contributed by atoms with Crippen LogP contribution >= 0.6 is 0 Å². The molecule has 2 rings (SSSR count). The average molecular weight is 369 g/mol. The van der Waals surface area contributed by atoms with E-state index in [2.05, 4.69) is 0 Å². The first kappa shape index (κ1) is 19.2. The second-order valence-electron chi connectivity index (χ2n) is 6.08. The maximum absolute atomic E-state index is 12.8. The van der Waals surface area contributed by atoms with Gasteiger partial charge in [-0.05, 0) is 31.0 Å². The molecule has 1 heterocycles. The second kappa shape index (κ2) is 7.86. The first-order chi connectivity index (χ1) is 11.8. The lowest BCUT2D eigenvalue weighted by Crippen LogP contribution is -2.50. The van der Waals surface area contributed by atoms with E-state index in [0.717, 1.165) is 5.56 Å². The van der Waals surface area contributed by atoms with E-state index in [1.54, 1.807) is 38.3 Å². The lowest BCUT2D eigenvalue weighted by atomic mass is 10.1. The molecule has 1 aromatic carbocycles. The molecule has 2 atom stereocenters. The highest BCUT2D eigenvalue weighted by molar-refractivity contribution is 7.91. The molecule has 0 saturated carbocycles. The summed E-state index contributed by atoms with van der Waals surface area (Å²) in [6.45, 7) is 1.56. The van der Waals surface area contributed by atoms with Gasteiger partial charge in [-0.25, -0.2) is 13.2 Å². The van der Waals surface area contributed by atoms with Gasteiger partial charge in [0.25, 0.3) is 0 Å². The van der Waals surface area contributed by atoms with Crippen molar-refractivity contribution in [1.29, 1.82) is 0 Å². The van der Waals surface area contributed by atoms with Crippen molar-refractivity contribution >= 4 is 21.7 Å². The van der Waals surface area contributed by atoms with Crippen LogP contribution in [0, 0.1) is 0 Å². The zero-order valence-electron chi connectivity index (χ0n) is 14.6. The Kier molecular flexibility index (Phi) is 6.05.